The maximum absolute atomic E-state index is 13.9. The molecule has 236 valence electrons. The second-order valence-corrected chi connectivity index (χ2v) is 15.5. The van der Waals surface area contributed by atoms with Crippen molar-refractivity contribution in [3.05, 3.63) is 0 Å². The van der Waals surface area contributed by atoms with Gasteiger partial charge in [0.2, 0.25) is 0 Å². The first-order valence-electron chi connectivity index (χ1n) is 14.5. The highest BCUT2D eigenvalue weighted by Crippen LogP contribution is 2.61. The van der Waals surface area contributed by atoms with Crippen LogP contribution in [0.2, 0.25) is 0 Å². The van der Waals surface area contributed by atoms with Crippen molar-refractivity contribution in [3.63, 3.8) is 0 Å². The standard InChI is InChI=1S/C31H52O10/c1-26(2,3)18-31(12,23(33)37-16-21-17-39-25(35)41-21)29(9,10)28(7,8)19-30(11,27(4,5)6)22(32)36-14-13-20-15-38-24(34)40-20/h20-21H,13-19H2,1-12H3. The average Bonchev–Trinajstić information content (AvgIpc) is 3.42. The van der Waals surface area contributed by atoms with Gasteiger partial charge in [-0.25, -0.2) is 9.59 Å². The summed E-state index contributed by atoms with van der Waals surface area (Å²) in [6, 6.07) is 0. The third-order valence-corrected chi connectivity index (χ3v) is 9.68. The fourth-order valence-corrected chi connectivity index (χ4v) is 5.83. The number of esters is 2. The van der Waals surface area contributed by atoms with Gasteiger partial charge in [0.25, 0.3) is 0 Å². The van der Waals surface area contributed by atoms with Crippen molar-refractivity contribution in [2.75, 3.05) is 26.4 Å². The minimum atomic E-state index is -0.965. The molecule has 2 aliphatic heterocycles. The van der Waals surface area contributed by atoms with Crippen molar-refractivity contribution in [1.29, 1.82) is 0 Å². The van der Waals surface area contributed by atoms with Gasteiger partial charge in [-0.3, -0.25) is 9.59 Å². The Bertz CT molecular complexity index is 986. The molecule has 0 aromatic heterocycles. The fraction of sp³-hybridized carbons (Fsp3) is 0.871. The van der Waals surface area contributed by atoms with Gasteiger partial charge in [0.15, 0.2) is 6.10 Å². The van der Waals surface area contributed by atoms with Crippen LogP contribution in [0.3, 0.4) is 0 Å². The molecule has 10 heteroatoms. The first-order valence-corrected chi connectivity index (χ1v) is 14.5. The second-order valence-electron chi connectivity index (χ2n) is 15.5. The van der Waals surface area contributed by atoms with Crippen LogP contribution in [0.5, 0.6) is 0 Å². The molecule has 0 aliphatic carbocycles. The maximum Gasteiger partial charge on any atom is 0.508 e. The van der Waals surface area contributed by atoms with Gasteiger partial charge in [-0.1, -0.05) is 69.2 Å². The highest BCUT2D eigenvalue weighted by atomic mass is 16.8. The van der Waals surface area contributed by atoms with E-state index < -0.39 is 51.6 Å². The summed E-state index contributed by atoms with van der Waals surface area (Å²) >= 11 is 0. The third-order valence-electron chi connectivity index (χ3n) is 9.68. The molecule has 10 nitrogen and oxygen atoms in total. The molecule has 4 atom stereocenters. The zero-order chi connectivity index (χ0) is 31.7. The van der Waals surface area contributed by atoms with Crippen LogP contribution in [-0.2, 0) is 38.0 Å². The minimum Gasteiger partial charge on any atom is -0.465 e. The van der Waals surface area contributed by atoms with E-state index in [1.807, 2.05) is 34.6 Å². The molecular formula is C31H52O10. The van der Waals surface area contributed by atoms with Crippen molar-refractivity contribution < 1.29 is 47.6 Å². The van der Waals surface area contributed by atoms with Crippen molar-refractivity contribution in [2.45, 2.75) is 115 Å². The van der Waals surface area contributed by atoms with E-state index in [1.54, 1.807) is 0 Å². The average molecular weight is 585 g/mol. The predicted molar refractivity (Wildman–Crippen MR) is 151 cm³/mol. The molecule has 2 heterocycles. The minimum absolute atomic E-state index is 0.0409. The summed E-state index contributed by atoms with van der Waals surface area (Å²) in [7, 11) is 0. The molecule has 4 unspecified atom stereocenters. The van der Waals surface area contributed by atoms with E-state index in [-0.39, 0.29) is 43.8 Å². The lowest BCUT2D eigenvalue weighted by atomic mass is 9.47. The quantitative estimate of drug-likeness (QED) is 0.186. The monoisotopic (exact) mass is 584 g/mol. The molecule has 0 amide bonds. The van der Waals surface area contributed by atoms with E-state index in [4.69, 9.17) is 28.4 Å². The number of carbonyl (C=O) groups excluding carboxylic acids is 4. The SMILES string of the molecule is CC(C)(C)CC(C)(C(=O)OCC1COC(=O)O1)C(C)(C)C(C)(C)CC(C)(C(=O)OCCC1COC(=O)O1)C(C)(C)C. The maximum atomic E-state index is 13.9. The molecule has 0 aromatic rings. The lowest BCUT2D eigenvalue weighted by Gasteiger charge is -2.56. The number of carbonyl (C=O) groups is 4. The Morgan fingerprint density at radius 1 is 0.707 bits per heavy atom. The number of hydrogen-bond acceptors (Lipinski definition) is 10. The summed E-state index contributed by atoms with van der Waals surface area (Å²) < 4.78 is 31.3. The zero-order valence-electron chi connectivity index (χ0n) is 27.2. The molecule has 0 radical (unpaired) electrons. The van der Waals surface area contributed by atoms with Crippen molar-refractivity contribution >= 4 is 24.2 Å². The van der Waals surface area contributed by atoms with Crippen LogP contribution in [0.25, 0.3) is 0 Å². The molecule has 0 saturated carbocycles. The van der Waals surface area contributed by atoms with Gasteiger partial charge in [0, 0.05) is 6.42 Å². The molecule has 0 N–H and O–H groups in total. The first kappa shape index (κ1) is 34.7. The first-order chi connectivity index (χ1) is 18.4. The lowest BCUT2D eigenvalue weighted by molar-refractivity contribution is -0.183. The Morgan fingerprint density at radius 3 is 1.63 bits per heavy atom. The number of cyclic esters (lactones) is 4. The Morgan fingerprint density at radius 2 is 1.20 bits per heavy atom. The summed E-state index contributed by atoms with van der Waals surface area (Å²) in [5.74, 6) is -0.732. The molecule has 0 spiro atoms. The van der Waals surface area contributed by atoms with Gasteiger partial charge in [-0.2, -0.15) is 0 Å². The fourth-order valence-electron chi connectivity index (χ4n) is 5.83. The van der Waals surface area contributed by atoms with Gasteiger partial charge in [-0.15, -0.1) is 0 Å². The van der Waals surface area contributed by atoms with Crippen LogP contribution in [-0.4, -0.2) is 62.9 Å². The van der Waals surface area contributed by atoms with E-state index in [1.165, 1.54) is 0 Å². The Kier molecular flexibility index (Phi) is 10.1. The smallest absolute Gasteiger partial charge is 0.465 e. The van der Waals surface area contributed by atoms with Crippen LogP contribution < -0.4 is 0 Å². The van der Waals surface area contributed by atoms with E-state index in [0.29, 0.717) is 19.3 Å². The van der Waals surface area contributed by atoms with Gasteiger partial charge in [0.1, 0.15) is 25.9 Å². The van der Waals surface area contributed by atoms with Crippen LogP contribution in [0.4, 0.5) is 9.59 Å². The highest BCUT2D eigenvalue weighted by Gasteiger charge is 2.60. The number of hydrogen-bond donors (Lipinski definition) is 0. The van der Waals surface area contributed by atoms with E-state index in [2.05, 4.69) is 48.5 Å². The van der Waals surface area contributed by atoms with Crippen LogP contribution in [0.1, 0.15) is 102 Å². The molecule has 2 rings (SSSR count). The largest absolute Gasteiger partial charge is 0.508 e. The van der Waals surface area contributed by atoms with Crippen LogP contribution in [0.15, 0.2) is 0 Å². The highest BCUT2D eigenvalue weighted by molar-refractivity contribution is 5.79. The molecule has 2 fully saturated rings. The Labute approximate surface area is 245 Å². The van der Waals surface area contributed by atoms with Crippen molar-refractivity contribution in [2.24, 2.45) is 32.5 Å². The summed E-state index contributed by atoms with van der Waals surface area (Å²) in [5, 5.41) is 0. The van der Waals surface area contributed by atoms with Crippen LogP contribution >= 0.6 is 0 Å². The topological polar surface area (TPSA) is 124 Å². The van der Waals surface area contributed by atoms with Crippen molar-refractivity contribution in [3.8, 4) is 0 Å². The molecular weight excluding hydrogens is 532 g/mol. The van der Waals surface area contributed by atoms with Gasteiger partial charge >= 0.3 is 24.2 Å². The van der Waals surface area contributed by atoms with Gasteiger partial charge in [0.05, 0.1) is 17.4 Å². The molecule has 0 aromatic carbocycles. The zero-order valence-corrected chi connectivity index (χ0v) is 27.2. The molecule has 41 heavy (non-hydrogen) atoms. The third kappa shape index (κ3) is 7.86. The lowest BCUT2D eigenvalue weighted by Crippen LogP contribution is -2.56. The predicted octanol–water partition coefficient (Wildman–Crippen LogP) is 6.47. The van der Waals surface area contributed by atoms with Gasteiger partial charge in [-0.05, 0) is 48.3 Å². The summed E-state index contributed by atoms with van der Waals surface area (Å²) in [5.41, 5.74) is -3.82. The number of ether oxygens (including phenoxy) is 6. The Hall–Kier alpha value is -2.52. The molecule has 2 saturated heterocycles. The summed E-state index contributed by atoms with van der Waals surface area (Å²) in [6.45, 7) is 24.6. The summed E-state index contributed by atoms with van der Waals surface area (Å²) in [4.78, 5) is 50.2. The number of rotatable bonds is 12. The summed E-state index contributed by atoms with van der Waals surface area (Å²) in [6.07, 6.45) is -1.25. The van der Waals surface area contributed by atoms with E-state index in [0.717, 1.165) is 0 Å². The molecule has 0 bridgehead atoms. The van der Waals surface area contributed by atoms with Crippen molar-refractivity contribution in [1.82, 2.24) is 0 Å². The molecule has 2 aliphatic rings. The van der Waals surface area contributed by atoms with E-state index >= 15 is 0 Å². The normalized spacial score (nSPS) is 22.9. The Balaban J connectivity index is 2.31. The van der Waals surface area contributed by atoms with Gasteiger partial charge < -0.3 is 28.4 Å². The van der Waals surface area contributed by atoms with Crippen LogP contribution in [0, 0.1) is 32.5 Å². The van der Waals surface area contributed by atoms with E-state index in [9.17, 15) is 19.2 Å². The second kappa shape index (κ2) is 12.0.